The van der Waals surface area contributed by atoms with Crippen molar-refractivity contribution in [1.82, 2.24) is 0 Å². The van der Waals surface area contributed by atoms with Gasteiger partial charge in [0, 0.05) is 47.0 Å². The van der Waals surface area contributed by atoms with E-state index in [1.807, 2.05) is 30.3 Å². The SMILES string of the molecule is CC1=CC(=O)C2=C(C1=O)C(c1ccccc1O)C1=CCC3C(=O)N(c4ccc(N5CCOCC5)cc4)C(=O)C3C1C2. The zero-order valence-corrected chi connectivity index (χ0v) is 22.7. The van der Waals surface area contributed by atoms with E-state index in [1.54, 1.807) is 31.2 Å². The van der Waals surface area contributed by atoms with Gasteiger partial charge in [-0.05, 0) is 62.1 Å². The number of benzene rings is 2. The molecule has 2 aromatic rings. The topological polar surface area (TPSA) is 104 Å². The molecule has 1 N–H and O–H groups in total. The molecule has 2 saturated heterocycles. The summed E-state index contributed by atoms with van der Waals surface area (Å²) in [5.74, 6) is -3.25. The number of para-hydroxylation sites is 1. The molecule has 0 radical (unpaired) electrons. The van der Waals surface area contributed by atoms with E-state index in [4.69, 9.17) is 4.74 Å². The van der Waals surface area contributed by atoms with Crippen molar-refractivity contribution in [1.29, 1.82) is 0 Å². The van der Waals surface area contributed by atoms with Gasteiger partial charge in [0.1, 0.15) is 5.75 Å². The second kappa shape index (κ2) is 9.66. The number of Topliss-reactive ketones (excluding diaryl/α,β-unsaturated/α-hetero) is 1. The molecule has 8 heteroatoms. The summed E-state index contributed by atoms with van der Waals surface area (Å²) in [4.78, 5) is 58.1. The van der Waals surface area contributed by atoms with E-state index in [9.17, 15) is 24.3 Å². The normalized spacial score (nSPS) is 27.8. The predicted molar refractivity (Wildman–Crippen MR) is 151 cm³/mol. The van der Waals surface area contributed by atoms with Crippen LogP contribution in [-0.4, -0.2) is 54.8 Å². The molecule has 7 rings (SSSR count). The van der Waals surface area contributed by atoms with Crippen molar-refractivity contribution >= 4 is 34.8 Å². The van der Waals surface area contributed by atoms with Gasteiger partial charge in [-0.25, -0.2) is 0 Å². The molecule has 0 bridgehead atoms. The van der Waals surface area contributed by atoms with Gasteiger partial charge in [-0.2, -0.15) is 0 Å². The fourth-order valence-corrected chi connectivity index (χ4v) is 7.34. The lowest BCUT2D eigenvalue weighted by Gasteiger charge is -2.42. The summed E-state index contributed by atoms with van der Waals surface area (Å²) in [5, 5.41) is 10.8. The van der Waals surface area contributed by atoms with E-state index in [-0.39, 0.29) is 35.6 Å². The summed E-state index contributed by atoms with van der Waals surface area (Å²) in [6, 6.07) is 14.3. The quantitative estimate of drug-likeness (QED) is 0.352. The summed E-state index contributed by atoms with van der Waals surface area (Å²) < 4.78 is 5.44. The van der Waals surface area contributed by atoms with Crippen LogP contribution in [0.5, 0.6) is 5.75 Å². The minimum absolute atomic E-state index is 0.0243. The fourth-order valence-electron chi connectivity index (χ4n) is 7.34. The van der Waals surface area contributed by atoms with Crippen molar-refractivity contribution in [2.45, 2.75) is 25.7 Å². The minimum Gasteiger partial charge on any atom is -0.508 e. The fraction of sp³-hybridized carbons (Fsp3) is 0.333. The van der Waals surface area contributed by atoms with E-state index < -0.39 is 23.7 Å². The molecule has 0 aromatic heterocycles. The lowest BCUT2D eigenvalue weighted by Crippen LogP contribution is -2.39. The highest BCUT2D eigenvalue weighted by atomic mass is 16.5. The van der Waals surface area contributed by atoms with Gasteiger partial charge in [-0.1, -0.05) is 29.8 Å². The van der Waals surface area contributed by atoms with Crippen LogP contribution in [0.3, 0.4) is 0 Å². The van der Waals surface area contributed by atoms with E-state index in [0.29, 0.717) is 47.6 Å². The van der Waals surface area contributed by atoms with Crippen LogP contribution < -0.4 is 9.80 Å². The third kappa shape index (κ3) is 3.92. The first kappa shape index (κ1) is 25.7. The van der Waals surface area contributed by atoms with Crippen molar-refractivity contribution in [2.24, 2.45) is 17.8 Å². The standard InChI is InChI=1S/C33H30N2O6/c1-18-16-27(37)25-17-24-21(28(30(25)31(18)38)22-4-2-3-5-26(22)36)10-11-23-29(24)33(40)35(32(23)39)20-8-6-19(7-9-20)34-12-14-41-15-13-34/h2-10,16,23-24,28-29,36H,11-15,17H2,1H3. The van der Waals surface area contributed by atoms with Gasteiger partial charge in [0.2, 0.25) is 11.8 Å². The number of hydrogen-bond acceptors (Lipinski definition) is 7. The van der Waals surface area contributed by atoms with Crippen LogP contribution in [-0.2, 0) is 23.9 Å². The molecule has 208 valence electrons. The molecule has 2 amide bonds. The van der Waals surface area contributed by atoms with Crippen LogP contribution in [0.15, 0.2) is 83.0 Å². The first-order valence-electron chi connectivity index (χ1n) is 14.1. The molecular weight excluding hydrogens is 520 g/mol. The molecule has 4 atom stereocenters. The number of morpholine rings is 1. The summed E-state index contributed by atoms with van der Waals surface area (Å²) in [7, 11) is 0. The smallest absolute Gasteiger partial charge is 0.238 e. The number of imide groups is 1. The molecule has 4 unspecified atom stereocenters. The molecule has 8 nitrogen and oxygen atoms in total. The number of carbonyl (C=O) groups is 4. The number of phenolic OH excluding ortho intramolecular Hbond substituents is 1. The molecule has 0 saturated carbocycles. The number of hydrogen-bond donors (Lipinski definition) is 1. The Morgan fingerprint density at radius 1 is 0.878 bits per heavy atom. The number of phenols is 1. The first-order valence-corrected chi connectivity index (χ1v) is 14.1. The highest BCUT2D eigenvalue weighted by Gasteiger charge is 2.56. The van der Waals surface area contributed by atoms with Gasteiger partial charge in [-0.3, -0.25) is 24.1 Å². The van der Waals surface area contributed by atoms with Gasteiger partial charge < -0.3 is 14.7 Å². The molecule has 2 aromatic carbocycles. The van der Waals surface area contributed by atoms with Gasteiger partial charge in [0.15, 0.2) is 11.6 Å². The average Bonchev–Trinajstić information content (AvgIpc) is 3.25. The number of allylic oxidation sites excluding steroid dienone is 6. The van der Waals surface area contributed by atoms with E-state index in [1.165, 1.54) is 11.0 Å². The van der Waals surface area contributed by atoms with Crippen molar-refractivity contribution < 1.29 is 29.0 Å². The Bertz CT molecular complexity index is 1590. The van der Waals surface area contributed by atoms with Gasteiger partial charge in [0.25, 0.3) is 0 Å². The third-order valence-corrected chi connectivity index (χ3v) is 9.30. The second-order valence-electron chi connectivity index (χ2n) is 11.4. The number of ketones is 2. The zero-order valence-electron chi connectivity index (χ0n) is 22.7. The number of nitrogens with zero attached hydrogens (tertiary/aromatic N) is 2. The third-order valence-electron chi connectivity index (χ3n) is 9.30. The first-order chi connectivity index (χ1) is 19.8. The molecule has 5 aliphatic rings. The van der Waals surface area contributed by atoms with Gasteiger partial charge in [-0.15, -0.1) is 0 Å². The summed E-state index contributed by atoms with van der Waals surface area (Å²) in [6.07, 6.45) is 3.90. The molecule has 2 fully saturated rings. The Hall–Kier alpha value is -4.30. The lowest BCUT2D eigenvalue weighted by molar-refractivity contribution is -0.123. The maximum atomic E-state index is 14.1. The average molecular weight is 551 g/mol. The van der Waals surface area contributed by atoms with E-state index in [0.717, 1.165) is 24.4 Å². The van der Waals surface area contributed by atoms with Crippen LogP contribution in [0.25, 0.3) is 0 Å². The highest BCUT2D eigenvalue weighted by molar-refractivity contribution is 6.25. The van der Waals surface area contributed by atoms with Crippen molar-refractivity contribution in [3.05, 3.63) is 88.5 Å². The van der Waals surface area contributed by atoms with Crippen LogP contribution >= 0.6 is 0 Å². The molecular formula is C33H30N2O6. The van der Waals surface area contributed by atoms with E-state index in [2.05, 4.69) is 4.90 Å². The van der Waals surface area contributed by atoms with E-state index >= 15 is 0 Å². The molecule has 2 heterocycles. The number of carbonyl (C=O) groups excluding carboxylic acids is 4. The Balaban J connectivity index is 1.27. The molecule has 2 aliphatic heterocycles. The number of ether oxygens (including phenoxy) is 1. The van der Waals surface area contributed by atoms with Crippen molar-refractivity contribution in [2.75, 3.05) is 36.1 Å². The number of fused-ring (bicyclic) bond motifs is 3. The van der Waals surface area contributed by atoms with Crippen molar-refractivity contribution in [3.8, 4) is 5.75 Å². The van der Waals surface area contributed by atoms with Crippen LogP contribution in [0.4, 0.5) is 11.4 Å². The van der Waals surface area contributed by atoms with Crippen LogP contribution in [0.1, 0.15) is 31.2 Å². The number of aromatic hydroxyl groups is 1. The maximum Gasteiger partial charge on any atom is 0.238 e. The summed E-state index contributed by atoms with van der Waals surface area (Å²) in [5.41, 5.74) is 4.02. The molecule has 3 aliphatic carbocycles. The Kier molecular flexibility index (Phi) is 6.05. The highest BCUT2D eigenvalue weighted by Crippen LogP contribution is 2.56. The Morgan fingerprint density at radius 2 is 1.59 bits per heavy atom. The zero-order chi connectivity index (χ0) is 28.4. The number of anilines is 2. The predicted octanol–water partition coefficient (Wildman–Crippen LogP) is 3.86. The van der Waals surface area contributed by atoms with Gasteiger partial charge in [0.05, 0.1) is 30.7 Å². The monoisotopic (exact) mass is 550 g/mol. The van der Waals surface area contributed by atoms with Crippen LogP contribution in [0.2, 0.25) is 0 Å². The van der Waals surface area contributed by atoms with Gasteiger partial charge >= 0.3 is 0 Å². The minimum atomic E-state index is -0.657. The molecule has 0 spiro atoms. The Labute approximate surface area is 237 Å². The largest absolute Gasteiger partial charge is 0.508 e. The second-order valence-corrected chi connectivity index (χ2v) is 11.4. The van der Waals surface area contributed by atoms with Crippen LogP contribution in [0, 0.1) is 17.8 Å². The summed E-state index contributed by atoms with van der Waals surface area (Å²) >= 11 is 0. The lowest BCUT2D eigenvalue weighted by atomic mass is 9.59. The molecule has 41 heavy (non-hydrogen) atoms. The number of amides is 2. The van der Waals surface area contributed by atoms with Crippen molar-refractivity contribution in [3.63, 3.8) is 0 Å². The summed E-state index contributed by atoms with van der Waals surface area (Å²) in [6.45, 7) is 4.52. The Morgan fingerprint density at radius 3 is 2.32 bits per heavy atom. The maximum absolute atomic E-state index is 14.1. The number of rotatable bonds is 3.